The number of esters is 1. The van der Waals surface area contributed by atoms with E-state index in [-0.39, 0.29) is 5.97 Å². The van der Waals surface area contributed by atoms with E-state index in [1.54, 1.807) is 12.1 Å². The Morgan fingerprint density at radius 2 is 1.60 bits per heavy atom. The van der Waals surface area contributed by atoms with Crippen molar-refractivity contribution in [2.75, 3.05) is 6.61 Å². The van der Waals surface area contributed by atoms with Crippen molar-refractivity contribution in [3.8, 4) is 11.5 Å². The van der Waals surface area contributed by atoms with Gasteiger partial charge in [-0.3, -0.25) is 0 Å². The van der Waals surface area contributed by atoms with E-state index in [1.165, 1.54) is 89.0 Å². The standard InChI is InChI=1S/C37H54O3/c1-4-6-7-8-11-14-31-15-17-32(18-16-31)19-20-33-21-25-36(26-22-33)40-37(38)34-23-27-35(28-24-34)39-29-12-9-10-13-30(3)5-2/h11,14,21-28,30-32H,4-10,12-13,15-20,29H2,1-3H3/b14-11+/t30-,31-,32-/m0/s1. The van der Waals surface area contributed by atoms with Crippen LogP contribution in [0.15, 0.2) is 60.7 Å². The third-order valence-electron chi connectivity index (χ3n) is 8.65. The molecule has 1 aliphatic carbocycles. The fraction of sp³-hybridized carbons (Fsp3) is 0.595. The number of hydrogen-bond donors (Lipinski definition) is 0. The molecule has 1 aliphatic rings. The second-order valence-electron chi connectivity index (χ2n) is 12.0. The molecule has 0 amide bonds. The molecule has 1 saturated carbocycles. The average molecular weight is 547 g/mol. The van der Waals surface area contributed by atoms with Gasteiger partial charge in [0, 0.05) is 0 Å². The van der Waals surface area contributed by atoms with Gasteiger partial charge in [-0.25, -0.2) is 4.79 Å². The van der Waals surface area contributed by atoms with Crippen molar-refractivity contribution in [3.63, 3.8) is 0 Å². The summed E-state index contributed by atoms with van der Waals surface area (Å²) in [7, 11) is 0. The van der Waals surface area contributed by atoms with E-state index in [0.717, 1.165) is 36.3 Å². The Morgan fingerprint density at radius 3 is 2.30 bits per heavy atom. The lowest BCUT2D eigenvalue weighted by molar-refractivity contribution is 0.0734. The number of rotatable bonds is 18. The van der Waals surface area contributed by atoms with Crippen molar-refractivity contribution in [2.45, 2.75) is 117 Å². The highest BCUT2D eigenvalue weighted by Gasteiger charge is 2.19. The summed E-state index contributed by atoms with van der Waals surface area (Å²) in [6, 6.07) is 15.3. The normalized spacial score (nSPS) is 18.1. The molecule has 0 unspecified atom stereocenters. The molecule has 3 rings (SSSR count). The fourth-order valence-corrected chi connectivity index (χ4v) is 5.58. The second-order valence-corrected chi connectivity index (χ2v) is 12.0. The molecule has 0 spiro atoms. The van der Waals surface area contributed by atoms with Crippen molar-refractivity contribution in [1.82, 2.24) is 0 Å². The predicted octanol–water partition coefficient (Wildman–Crippen LogP) is 10.8. The van der Waals surface area contributed by atoms with Gasteiger partial charge in [-0.2, -0.15) is 0 Å². The van der Waals surface area contributed by atoms with E-state index in [9.17, 15) is 4.79 Å². The number of aryl methyl sites for hydroxylation is 1. The lowest BCUT2D eigenvalue weighted by Gasteiger charge is -2.26. The molecule has 1 atom stereocenters. The molecule has 40 heavy (non-hydrogen) atoms. The Kier molecular flexibility index (Phi) is 15.0. The van der Waals surface area contributed by atoms with Gasteiger partial charge in [0.15, 0.2) is 0 Å². The number of carbonyl (C=O) groups excluding carboxylic acids is 1. The van der Waals surface area contributed by atoms with Crippen LogP contribution in [0, 0.1) is 17.8 Å². The Morgan fingerprint density at radius 1 is 0.875 bits per heavy atom. The van der Waals surface area contributed by atoms with E-state index in [0.29, 0.717) is 17.9 Å². The van der Waals surface area contributed by atoms with Crippen LogP contribution in [0.1, 0.15) is 127 Å². The zero-order chi connectivity index (χ0) is 28.4. The van der Waals surface area contributed by atoms with E-state index >= 15 is 0 Å². The van der Waals surface area contributed by atoms with Gasteiger partial charge in [0.05, 0.1) is 12.2 Å². The Bertz CT molecular complexity index is 967. The molecule has 0 N–H and O–H groups in total. The first-order valence-electron chi connectivity index (χ1n) is 16.3. The van der Waals surface area contributed by atoms with Crippen molar-refractivity contribution in [2.24, 2.45) is 17.8 Å². The monoisotopic (exact) mass is 546 g/mol. The zero-order valence-corrected chi connectivity index (χ0v) is 25.5. The molecule has 0 aliphatic heterocycles. The molecule has 3 heteroatoms. The Balaban J connectivity index is 1.31. The maximum Gasteiger partial charge on any atom is 0.343 e. The lowest BCUT2D eigenvalue weighted by atomic mass is 9.79. The summed E-state index contributed by atoms with van der Waals surface area (Å²) in [5, 5.41) is 0. The highest BCUT2D eigenvalue weighted by atomic mass is 16.5. The van der Waals surface area contributed by atoms with Gasteiger partial charge in [-0.15, -0.1) is 0 Å². The number of carbonyl (C=O) groups is 1. The van der Waals surface area contributed by atoms with Crippen molar-refractivity contribution in [1.29, 1.82) is 0 Å². The van der Waals surface area contributed by atoms with E-state index < -0.39 is 0 Å². The lowest BCUT2D eigenvalue weighted by Crippen LogP contribution is -2.13. The van der Waals surface area contributed by atoms with Crippen molar-refractivity contribution < 1.29 is 14.3 Å². The number of unbranched alkanes of at least 4 members (excludes halogenated alkanes) is 5. The summed E-state index contributed by atoms with van der Waals surface area (Å²) < 4.78 is 11.5. The highest BCUT2D eigenvalue weighted by Crippen LogP contribution is 2.32. The van der Waals surface area contributed by atoms with Gasteiger partial charge < -0.3 is 9.47 Å². The fourth-order valence-electron chi connectivity index (χ4n) is 5.58. The average Bonchev–Trinajstić information content (AvgIpc) is 2.99. The molecule has 220 valence electrons. The largest absolute Gasteiger partial charge is 0.494 e. The maximum atomic E-state index is 12.6. The van der Waals surface area contributed by atoms with Crippen LogP contribution >= 0.6 is 0 Å². The van der Waals surface area contributed by atoms with Crippen LogP contribution in [0.4, 0.5) is 0 Å². The van der Waals surface area contributed by atoms with Gasteiger partial charge in [-0.05, 0) is 118 Å². The summed E-state index contributed by atoms with van der Waals surface area (Å²) in [5.41, 5.74) is 1.86. The molecule has 0 saturated heterocycles. The molecule has 0 radical (unpaired) electrons. The van der Waals surface area contributed by atoms with Crippen LogP contribution in [0.3, 0.4) is 0 Å². The van der Waals surface area contributed by atoms with E-state index in [4.69, 9.17) is 9.47 Å². The van der Waals surface area contributed by atoms with Crippen LogP contribution in [0.25, 0.3) is 0 Å². The molecular formula is C37H54O3. The van der Waals surface area contributed by atoms with Crippen LogP contribution < -0.4 is 9.47 Å². The molecule has 0 aromatic heterocycles. The molecule has 2 aromatic carbocycles. The van der Waals surface area contributed by atoms with Crippen LogP contribution in [0.5, 0.6) is 11.5 Å². The first-order chi connectivity index (χ1) is 19.6. The van der Waals surface area contributed by atoms with Gasteiger partial charge >= 0.3 is 5.97 Å². The van der Waals surface area contributed by atoms with Crippen molar-refractivity contribution in [3.05, 3.63) is 71.8 Å². The summed E-state index contributed by atoms with van der Waals surface area (Å²) >= 11 is 0. The minimum atomic E-state index is -0.333. The first kappa shape index (κ1) is 32.0. The first-order valence-corrected chi connectivity index (χ1v) is 16.3. The third-order valence-corrected chi connectivity index (χ3v) is 8.65. The second kappa shape index (κ2) is 18.7. The van der Waals surface area contributed by atoms with Crippen molar-refractivity contribution >= 4 is 5.97 Å². The molecular weight excluding hydrogens is 492 g/mol. The molecule has 0 bridgehead atoms. The zero-order valence-electron chi connectivity index (χ0n) is 25.5. The highest BCUT2D eigenvalue weighted by molar-refractivity contribution is 5.91. The van der Waals surface area contributed by atoms with Crippen LogP contribution in [-0.4, -0.2) is 12.6 Å². The van der Waals surface area contributed by atoms with Gasteiger partial charge in [0.1, 0.15) is 11.5 Å². The van der Waals surface area contributed by atoms with E-state index in [2.05, 4.69) is 45.1 Å². The summed E-state index contributed by atoms with van der Waals surface area (Å²) in [4.78, 5) is 12.6. The SMILES string of the molecule is CCCCC/C=C/[C@H]1CC[C@H](CCc2ccc(OC(=O)c3ccc(OCCCCC[C@@H](C)CC)cc3)cc2)CC1. The third kappa shape index (κ3) is 12.3. The summed E-state index contributed by atoms with van der Waals surface area (Å²) in [5.74, 6) is 3.51. The minimum absolute atomic E-state index is 0.333. The Hall–Kier alpha value is -2.55. The van der Waals surface area contributed by atoms with E-state index in [1.807, 2.05) is 24.3 Å². The summed E-state index contributed by atoms with van der Waals surface area (Å²) in [6.45, 7) is 7.56. The molecule has 0 heterocycles. The number of allylic oxidation sites excluding steroid dienone is 2. The van der Waals surface area contributed by atoms with Gasteiger partial charge in [0.25, 0.3) is 0 Å². The van der Waals surface area contributed by atoms with Crippen LogP contribution in [-0.2, 0) is 6.42 Å². The van der Waals surface area contributed by atoms with Gasteiger partial charge in [0.2, 0.25) is 0 Å². The van der Waals surface area contributed by atoms with Gasteiger partial charge in [-0.1, -0.05) is 83.6 Å². The maximum absolute atomic E-state index is 12.6. The molecule has 3 nitrogen and oxygen atoms in total. The Labute approximate surface area is 244 Å². The smallest absolute Gasteiger partial charge is 0.343 e. The number of ether oxygens (including phenoxy) is 2. The molecule has 2 aromatic rings. The quantitative estimate of drug-likeness (QED) is 0.0807. The summed E-state index contributed by atoms with van der Waals surface area (Å²) in [6.07, 6.45) is 24.0. The number of hydrogen-bond acceptors (Lipinski definition) is 3. The molecule has 1 fully saturated rings. The van der Waals surface area contributed by atoms with Crippen LogP contribution in [0.2, 0.25) is 0 Å². The predicted molar refractivity (Wildman–Crippen MR) is 168 cm³/mol. The topological polar surface area (TPSA) is 35.5 Å². The minimum Gasteiger partial charge on any atom is -0.494 e. The number of benzene rings is 2.